The fourth-order valence-electron chi connectivity index (χ4n) is 0.643. The lowest BCUT2D eigenvalue weighted by atomic mass is 10.4. The number of nitrogens with zero attached hydrogens (tertiary/aromatic N) is 1. The first-order valence-corrected chi connectivity index (χ1v) is 3.20. The van der Waals surface area contributed by atoms with Crippen molar-refractivity contribution < 1.29 is 15.0 Å². The molecule has 4 nitrogen and oxygen atoms in total. The maximum atomic E-state index is 10.7. The molecule has 0 aromatic heterocycles. The number of amides is 1. The number of carbonyl (C=O) groups excluding carboxylic acids is 1. The van der Waals surface area contributed by atoms with Crippen molar-refractivity contribution in [3.63, 3.8) is 0 Å². The Morgan fingerprint density at radius 3 is 2.40 bits per heavy atom. The molecular formula is C6H13NO3. The summed E-state index contributed by atoms with van der Waals surface area (Å²) in [5.41, 5.74) is 0. The van der Waals surface area contributed by atoms with Crippen molar-refractivity contribution in [1.82, 2.24) is 4.90 Å². The molecule has 2 N–H and O–H groups in total. The van der Waals surface area contributed by atoms with E-state index in [0.717, 1.165) is 6.42 Å². The van der Waals surface area contributed by atoms with Gasteiger partial charge in [-0.1, -0.05) is 6.92 Å². The molecule has 0 aromatic carbocycles. The van der Waals surface area contributed by atoms with Gasteiger partial charge in [-0.15, -0.1) is 0 Å². The summed E-state index contributed by atoms with van der Waals surface area (Å²) in [7, 11) is 1.53. The van der Waals surface area contributed by atoms with Gasteiger partial charge in [0.2, 0.25) is 6.29 Å². The predicted molar refractivity (Wildman–Crippen MR) is 36.2 cm³/mol. The van der Waals surface area contributed by atoms with Gasteiger partial charge in [0.1, 0.15) is 0 Å². The molecule has 0 fully saturated rings. The van der Waals surface area contributed by atoms with Gasteiger partial charge < -0.3 is 15.1 Å². The summed E-state index contributed by atoms with van der Waals surface area (Å²) in [5, 5.41) is 16.8. The Balaban J connectivity index is 3.71. The predicted octanol–water partition coefficient (Wildman–Crippen LogP) is -0.835. The number of carbonyl (C=O) groups is 1. The van der Waals surface area contributed by atoms with E-state index < -0.39 is 12.2 Å². The van der Waals surface area contributed by atoms with Crippen LogP contribution >= 0.6 is 0 Å². The van der Waals surface area contributed by atoms with Crippen LogP contribution in [0.5, 0.6) is 0 Å². The molecule has 0 rings (SSSR count). The summed E-state index contributed by atoms with van der Waals surface area (Å²) in [6.45, 7) is 2.46. The van der Waals surface area contributed by atoms with Gasteiger partial charge in [-0.25, -0.2) is 0 Å². The molecule has 0 saturated heterocycles. The van der Waals surface area contributed by atoms with E-state index in [-0.39, 0.29) is 0 Å². The van der Waals surface area contributed by atoms with Crippen LogP contribution in [-0.2, 0) is 4.79 Å². The van der Waals surface area contributed by atoms with Crippen molar-refractivity contribution >= 4 is 5.91 Å². The number of hydrogen-bond acceptors (Lipinski definition) is 3. The third kappa shape index (κ3) is 2.80. The zero-order valence-electron chi connectivity index (χ0n) is 6.24. The Labute approximate surface area is 60.1 Å². The molecule has 0 aliphatic rings. The molecular weight excluding hydrogens is 134 g/mol. The Hall–Kier alpha value is -0.610. The van der Waals surface area contributed by atoms with E-state index in [1.54, 1.807) is 0 Å². The highest BCUT2D eigenvalue weighted by molar-refractivity contribution is 5.78. The molecule has 0 radical (unpaired) electrons. The van der Waals surface area contributed by atoms with E-state index in [0.29, 0.717) is 6.54 Å². The molecule has 0 heterocycles. The van der Waals surface area contributed by atoms with Crippen LogP contribution in [0.1, 0.15) is 13.3 Å². The van der Waals surface area contributed by atoms with Gasteiger partial charge >= 0.3 is 0 Å². The monoisotopic (exact) mass is 147 g/mol. The summed E-state index contributed by atoms with van der Waals surface area (Å²) in [6, 6.07) is 0. The summed E-state index contributed by atoms with van der Waals surface area (Å²) >= 11 is 0. The molecule has 4 heteroatoms. The zero-order valence-corrected chi connectivity index (χ0v) is 6.24. The van der Waals surface area contributed by atoms with Gasteiger partial charge in [0, 0.05) is 13.6 Å². The number of aliphatic hydroxyl groups is 2. The van der Waals surface area contributed by atoms with Crippen LogP contribution in [0.15, 0.2) is 0 Å². The molecule has 0 aromatic rings. The quantitative estimate of drug-likeness (QED) is 0.512. The SMILES string of the molecule is CCCN(C)C(=O)C(O)O. The van der Waals surface area contributed by atoms with E-state index >= 15 is 0 Å². The normalized spacial score (nSPS) is 10.1. The molecule has 0 saturated carbocycles. The Bertz CT molecular complexity index is 114. The first kappa shape index (κ1) is 9.39. The second-order valence-electron chi connectivity index (χ2n) is 2.13. The highest BCUT2D eigenvalue weighted by Crippen LogP contribution is 1.90. The van der Waals surface area contributed by atoms with E-state index in [1.807, 2.05) is 6.92 Å². The molecule has 0 bridgehead atoms. The number of hydrogen-bond donors (Lipinski definition) is 2. The Morgan fingerprint density at radius 1 is 1.60 bits per heavy atom. The molecule has 0 aliphatic heterocycles. The maximum Gasteiger partial charge on any atom is 0.278 e. The van der Waals surface area contributed by atoms with Gasteiger partial charge in [0.05, 0.1) is 0 Å². The van der Waals surface area contributed by atoms with Crippen molar-refractivity contribution in [2.45, 2.75) is 19.6 Å². The minimum Gasteiger partial charge on any atom is -0.361 e. The fraction of sp³-hybridized carbons (Fsp3) is 0.833. The lowest BCUT2D eigenvalue weighted by Crippen LogP contribution is -2.36. The molecule has 0 spiro atoms. The van der Waals surface area contributed by atoms with Crippen LogP contribution in [-0.4, -0.2) is 40.9 Å². The lowest BCUT2D eigenvalue weighted by molar-refractivity contribution is -0.157. The van der Waals surface area contributed by atoms with Gasteiger partial charge in [-0.2, -0.15) is 0 Å². The zero-order chi connectivity index (χ0) is 8.15. The van der Waals surface area contributed by atoms with Gasteiger partial charge in [-0.05, 0) is 6.42 Å². The van der Waals surface area contributed by atoms with Crippen LogP contribution in [0.4, 0.5) is 0 Å². The van der Waals surface area contributed by atoms with Crippen LogP contribution in [0, 0.1) is 0 Å². The van der Waals surface area contributed by atoms with Crippen LogP contribution in [0.2, 0.25) is 0 Å². The summed E-state index contributed by atoms with van der Waals surface area (Å²) in [6.07, 6.45) is -1.05. The standard InChI is InChI=1S/C6H13NO3/c1-3-4-7(2)5(8)6(9)10/h6,9-10H,3-4H2,1-2H3. The lowest BCUT2D eigenvalue weighted by Gasteiger charge is -2.16. The van der Waals surface area contributed by atoms with Gasteiger partial charge in [-0.3, -0.25) is 4.79 Å². The average molecular weight is 147 g/mol. The first-order chi connectivity index (χ1) is 4.59. The highest BCUT2D eigenvalue weighted by Gasteiger charge is 2.14. The van der Waals surface area contributed by atoms with Crippen molar-refractivity contribution in [3.8, 4) is 0 Å². The summed E-state index contributed by atoms with van der Waals surface area (Å²) in [4.78, 5) is 11.9. The first-order valence-electron chi connectivity index (χ1n) is 3.20. The second-order valence-corrected chi connectivity index (χ2v) is 2.13. The molecule has 10 heavy (non-hydrogen) atoms. The molecule has 0 aliphatic carbocycles. The molecule has 0 atom stereocenters. The van der Waals surface area contributed by atoms with Crippen molar-refractivity contribution in [1.29, 1.82) is 0 Å². The van der Waals surface area contributed by atoms with Gasteiger partial charge in [0.25, 0.3) is 5.91 Å². The highest BCUT2D eigenvalue weighted by atomic mass is 16.5. The van der Waals surface area contributed by atoms with E-state index in [9.17, 15) is 4.79 Å². The van der Waals surface area contributed by atoms with Gasteiger partial charge in [0.15, 0.2) is 0 Å². The van der Waals surface area contributed by atoms with Crippen molar-refractivity contribution in [2.24, 2.45) is 0 Å². The number of aliphatic hydroxyl groups excluding tert-OH is 1. The van der Waals surface area contributed by atoms with Crippen LogP contribution in [0.3, 0.4) is 0 Å². The second kappa shape index (κ2) is 4.24. The fourth-order valence-corrected chi connectivity index (χ4v) is 0.643. The minimum atomic E-state index is -1.86. The number of rotatable bonds is 3. The smallest absolute Gasteiger partial charge is 0.278 e. The third-order valence-corrected chi connectivity index (χ3v) is 1.16. The summed E-state index contributed by atoms with van der Waals surface area (Å²) < 4.78 is 0. The average Bonchev–Trinajstić information content (AvgIpc) is 1.87. The van der Waals surface area contributed by atoms with E-state index in [4.69, 9.17) is 10.2 Å². The topological polar surface area (TPSA) is 60.8 Å². The molecule has 60 valence electrons. The van der Waals surface area contributed by atoms with E-state index in [1.165, 1.54) is 11.9 Å². The van der Waals surface area contributed by atoms with Crippen LogP contribution in [0.25, 0.3) is 0 Å². The largest absolute Gasteiger partial charge is 0.361 e. The number of likely N-dealkylation sites (N-methyl/N-ethyl adjacent to an activating group) is 1. The van der Waals surface area contributed by atoms with Crippen molar-refractivity contribution in [3.05, 3.63) is 0 Å². The Kier molecular flexibility index (Phi) is 3.99. The van der Waals surface area contributed by atoms with E-state index in [2.05, 4.69) is 0 Å². The third-order valence-electron chi connectivity index (χ3n) is 1.16. The molecule has 1 amide bonds. The molecule has 0 unspecified atom stereocenters. The maximum absolute atomic E-state index is 10.7. The Morgan fingerprint density at radius 2 is 2.10 bits per heavy atom. The van der Waals surface area contributed by atoms with Crippen LogP contribution < -0.4 is 0 Å². The summed E-state index contributed by atoms with van der Waals surface area (Å²) in [5.74, 6) is -0.651. The minimum absolute atomic E-state index is 0.552. The van der Waals surface area contributed by atoms with Crippen molar-refractivity contribution in [2.75, 3.05) is 13.6 Å².